The molecule has 0 heterocycles. The van der Waals surface area contributed by atoms with Gasteiger partial charge < -0.3 is 11.1 Å². The average molecular weight is 232 g/mol. The number of rotatable bonds is 2. The van der Waals surface area contributed by atoms with Crippen molar-refractivity contribution in [3.63, 3.8) is 0 Å². The molecule has 3 N–H and O–H groups in total. The molecule has 0 saturated heterocycles. The maximum atomic E-state index is 11.4. The molecule has 3 nitrogen and oxygen atoms in total. The van der Waals surface area contributed by atoms with Crippen LogP contribution in [0.25, 0.3) is 0 Å². The van der Waals surface area contributed by atoms with E-state index in [0.29, 0.717) is 0 Å². The summed E-state index contributed by atoms with van der Waals surface area (Å²) < 4.78 is 0. The summed E-state index contributed by atoms with van der Waals surface area (Å²) in [5.74, 6) is -0.0792. The lowest BCUT2D eigenvalue weighted by Crippen LogP contribution is -2.38. The molecule has 0 fully saturated rings. The number of nitrogens with one attached hydrogen (secondary N) is 1. The molecule has 0 spiro atoms. The molecule has 1 aliphatic rings. The van der Waals surface area contributed by atoms with Crippen molar-refractivity contribution in [2.75, 3.05) is 6.54 Å². The highest BCUT2D eigenvalue weighted by Crippen LogP contribution is 2.41. The van der Waals surface area contributed by atoms with Crippen LogP contribution in [0.1, 0.15) is 43.9 Å². The molecule has 0 radical (unpaired) electrons. The molecule has 17 heavy (non-hydrogen) atoms. The van der Waals surface area contributed by atoms with E-state index >= 15 is 0 Å². The maximum absolute atomic E-state index is 11.4. The van der Waals surface area contributed by atoms with E-state index in [1.165, 1.54) is 11.1 Å². The molecule has 0 aromatic heterocycles. The number of nitrogens with two attached hydrogens (primary N) is 1. The van der Waals surface area contributed by atoms with Crippen LogP contribution in [0.2, 0.25) is 0 Å². The molecule has 0 bridgehead atoms. The summed E-state index contributed by atoms with van der Waals surface area (Å²) >= 11 is 0. The van der Waals surface area contributed by atoms with Gasteiger partial charge in [0.15, 0.2) is 0 Å². The van der Waals surface area contributed by atoms with Gasteiger partial charge in [-0.05, 0) is 29.4 Å². The monoisotopic (exact) mass is 232 g/mol. The van der Waals surface area contributed by atoms with Gasteiger partial charge in [-0.3, -0.25) is 4.79 Å². The highest BCUT2D eigenvalue weighted by atomic mass is 16.1. The number of carbonyl (C=O) groups is 1. The minimum Gasteiger partial charge on any atom is -0.348 e. The Morgan fingerprint density at radius 2 is 2.18 bits per heavy atom. The Balaban J connectivity index is 2.32. The van der Waals surface area contributed by atoms with Gasteiger partial charge in [-0.15, -0.1) is 0 Å². The van der Waals surface area contributed by atoms with Gasteiger partial charge in [-0.1, -0.05) is 38.1 Å². The SMILES string of the molecule is CC1(C)CCC(NC(=O)CN)c2ccccc21. The van der Waals surface area contributed by atoms with Crippen LogP contribution in [0.3, 0.4) is 0 Å². The van der Waals surface area contributed by atoms with E-state index in [4.69, 9.17) is 5.73 Å². The molecule has 3 heteroatoms. The summed E-state index contributed by atoms with van der Waals surface area (Å²) in [4.78, 5) is 11.4. The minimum absolute atomic E-state index is 0.0576. The zero-order valence-corrected chi connectivity index (χ0v) is 10.5. The largest absolute Gasteiger partial charge is 0.348 e. The van der Waals surface area contributed by atoms with Crippen molar-refractivity contribution in [2.24, 2.45) is 5.73 Å². The van der Waals surface area contributed by atoms with Gasteiger partial charge >= 0.3 is 0 Å². The van der Waals surface area contributed by atoms with E-state index in [9.17, 15) is 4.79 Å². The first-order valence-corrected chi connectivity index (χ1v) is 6.13. The van der Waals surface area contributed by atoms with Crippen LogP contribution in [0.4, 0.5) is 0 Å². The summed E-state index contributed by atoms with van der Waals surface area (Å²) in [7, 11) is 0. The van der Waals surface area contributed by atoms with Gasteiger partial charge in [0.2, 0.25) is 5.91 Å². The summed E-state index contributed by atoms with van der Waals surface area (Å²) in [5.41, 5.74) is 8.13. The molecule has 0 aliphatic heterocycles. The van der Waals surface area contributed by atoms with Gasteiger partial charge in [0.05, 0.1) is 12.6 Å². The number of hydrogen-bond acceptors (Lipinski definition) is 2. The third kappa shape index (κ3) is 2.34. The van der Waals surface area contributed by atoms with Crippen molar-refractivity contribution in [1.29, 1.82) is 0 Å². The molecule has 1 atom stereocenters. The number of fused-ring (bicyclic) bond motifs is 1. The van der Waals surface area contributed by atoms with E-state index in [0.717, 1.165) is 12.8 Å². The fraction of sp³-hybridized carbons (Fsp3) is 0.500. The van der Waals surface area contributed by atoms with Gasteiger partial charge in [0.25, 0.3) is 0 Å². The zero-order chi connectivity index (χ0) is 12.5. The summed E-state index contributed by atoms with van der Waals surface area (Å²) in [6, 6.07) is 8.49. The van der Waals surface area contributed by atoms with E-state index in [2.05, 4.69) is 37.4 Å². The normalized spacial score (nSPS) is 21.7. The van der Waals surface area contributed by atoms with E-state index in [1.54, 1.807) is 0 Å². The Bertz CT molecular complexity index is 426. The third-order valence-electron chi connectivity index (χ3n) is 3.64. The Labute approximate surface area is 102 Å². The van der Waals surface area contributed by atoms with Crippen LogP contribution in [-0.2, 0) is 10.2 Å². The summed E-state index contributed by atoms with van der Waals surface area (Å²) in [6.45, 7) is 4.57. The van der Waals surface area contributed by atoms with E-state index in [1.807, 2.05) is 6.07 Å². The highest BCUT2D eigenvalue weighted by Gasteiger charge is 2.32. The highest BCUT2D eigenvalue weighted by molar-refractivity contribution is 5.78. The maximum Gasteiger partial charge on any atom is 0.234 e. The minimum atomic E-state index is -0.0792. The first kappa shape index (κ1) is 12.1. The predicted molar refractivity (Wildman–Crippen MR) is 68.6 cm³/mol. The second kappa shape index (κ2) is 4.49. The third-order valence-corrected chi connectivity index (χ3v) is 3.64. The number of benzene rings is 1. The topological polar surface area (TPSA) is 55.1 Å². The molecule has 92 valence electrons. The molecule has 1 unspecified atom stereocenters. The predicted octanol–water partition coefficient (Wildman–Crippen LogP) is 1.87. The fourth-order valence-corrected chi connectivity index (χ4v) is 2.62. The number of carbonyl (C=O) groups excluding carboxylic acids is 1. The van der Waals surface area contributed by atoms with Crippen molar-refractivity contribution in [3.05, 3.63) is 35.4 Å². The molecule has 1 amide bonds. The molecule has 2 rings (SSSR count). The molecular weight excluding hydrogens is 212 g/mol. The fourth-order valence-electron chi connectivity index (χ4n) is 2.62. The number of hydrogen-bond donors (Lipinski definition) is 2. The van der Waals surface area contributed by atoms with E-state index < -0.39 is 0 Å². The zero-order valence-electron chi connectivity index (χ0n) is 10.5. The van der Waals surface area contributed by atoms with Crippen LogP contribution in [0.15, 0.2) is 24.3 Å². The van der Waals surface area contributed by atoms with Crippen molar-refractivity contribution in [1.82, 2.24) is 5.32 Å². The second-order valence-electron chi connectivity index (χ2n) is 5.33. The molecule has 0 saturated carbocycles. The van der Waals surface area contributed by atoms with Crippen molar-refractivity contribution in [3.8, 4) is 0 Å². The molecule has 1 aromatic rings. The average Bonchev–Trinajstić information content (AvgIpc) is 2.33. The van der Waals surface area contributed by atoms with Gasteiger partial charge in [-0.25, -0.2) is 0 Å². The van der Waals surface area contributed by atoms with Crippen molar-refractivity contribution >= 4 is 5.91 Å². The van der Waals surface area contributed by atoms with Gasteiger partial charge in [0, 0.05) is 0 Å². The Hall–Kier alpha value is -1.35. The molecule has 1 aromatic carbocycles. The van der Waals surface area contributed by atoms with Gasteiger partial charge in [0.1, 0.15) is 0 Å². The lowest BCUT2D eigenvalue weighted by atomic mass is 9.71. The Morgan fingerprint density at radius 1 is 1.47 bits per heavy atom. The lowest BCUT2D eigenvalue weighted by molar-refractivity contribution is -0.120. The van der Waals surface area contributed by atoms with Crippen LogP contribution < -0.4 is 11.1 Å². The first-order chi connectivity index (χ1) is 8.04. The molecular formula is C14H20N2O. The quantitative estimate of drug-likeness (QED) is 0.818. The first-order valence-electron chi connectivity index (χ1n) is 6.13. The Morgan fingerprint density at radius 3 is 2.88 bits per heavy atom. The van der Waals surface area contributed by atoms with Crippen LogP contribution in [0, 0.1) is 0 Å². The van der Waals surface area contributed by atoms with Crippen LogP contribution in [-0.4, -0.2) is 12.5 Å². The Kier molecular flexibility index (Phi) is 3.20. The van der Waals surface area contributed by atoms with Gasteiger partial charge in [-0.2, -0.15) is 0 Å². The smallest absolute Gasteiger partial charge is 0.234 e. The second-order valence-corrected chi connectivity index (χ2v) is 5.33. The van der Waals surface area contributed by atoms with Crippen molar-refractivity contribution in [2.45, 2.75) is 38.1 Å². The summed E-state index contributed by atoms with van der Waals surface area (Å²) in [6.07, 6.45) is 2.06. The molecule has 1 aliphatic carbocycles. The van der Waals surface area contributed by atoms with Crippen LogP contribution in [0.5, 0.6) is 0 Å². The summed E-state index contributed by atoms with van der Waals surface area (Å²) in [5, 5.41) is 3.00. The number of amides is 1. The van der Waals surface area contributed by atoms with Crippen molar-refractivity contribution < 1.29 is 4.79 Å². The standard InChI is InChI=1S/C14H20N2O/c1-14(2)8-7-12(16-13(17)9-15)10-5-3-4-6-11(10)14/h3-6,12H,7-9,15H2,1-2H3,(H,16,17). The lowest BCUT2D eigenvalue weighted by Gasteiger charge is -2.37. The van der Waals surface area contributed by atoms with E-state index in [-0.39, 0.29) is 23.9 Å². The van der Waals surface area contributed by atoms with Crippen LogP contribution >= 0.6 is 0 Å².